The standard InChI is InChI=1S/C14H22N2O2S/c1-2-11-7-3-5-9-13(11)16-19(17,18)14-10-6-4-8-12(14)15/h4,6,8,10-11,13,16H,2-3,5,7,9,15H2,1H3. The minimum absolute atomic E-state index is 0.0448. The average molecular weight is 282 g/mol. The van der Waals surface area contributed by atoms with Crippen LogP contribution >= 0.6 is 0 Å². The molecule has 1 fully saturated rings. The number of nitrogens with two attached hydrogens (primary N) is 1. The number of sulfonamides is 1. The van der Waals surface area contributed by atoms with E-state index in [0.717, 1.165) is 25.7 Å². The lowest BCUT2D eigenvalue weighted by atomic mass is 9.83. The Morgan fingerprint density at radius 2 is 1.95 bits per heavy atom. The zero-order valence-electron chi connectivity index (χ0n) is 11.3. The molecule has 0 aliphatic heterocycles. The lowest BCUT2D eigenvalue weighted by molar-refractivity contribution is 0.282. The van der Waals surface area contributed by atoms with Crippen LogP contribution < -0.4 is 10.5 Å². The molecule has 0 aromatic heterocycles. The van der Waals surface area contributed by atoms with Gasteiger partial charge in [0.25, 0.3) is 0 Å². The van der Waals surface area contributed by atoms with E-state index in [1.165, 1.54) is 6.42 Å². The minimum Gasteiger partial charge on any atom is -0.398 e. The summed E-state index contributed by atoms with van der Waals surface area (Å²) in [5.74, 6) is 0.438. The smallest absolute Gasteiger partial charge is 0.242 e. The van der Waals surface area contributed by atoms with Crippen molar-refractivity contribution in [2.75, 3.05) is 5.73 Å². The highest BCUT2D eigenvalue weighted by Gasteiger charge is 2.29. The molecule has 0 spiro atoms. The molecule has 106 valence electrons. The van der Waals surface area contributed by atoms with Crippen molar-refractivity contribution in [2.24, 2.45) is 5.92 Å². The number of anilines is 1. The summed E-state index contributed by atoms with van der Waals surface area (Å²) in [6.45, 7) is 2.12. The molecule has 19 heavy (non-hydrogen) atoms. The highest BCUT2D eigenvalue weighted by atomic mass is 32.2. The van der Waals surface area contributed by atoms with Crippen molar-refractivity contribution in [2.45, 2.75) is 50.0 Å². The first-order chi connectivity index (χ1) is 9.04. The Morgan fingerprint density at radius 1 is 1.26 bits per heavy atom. The normalized spacial score (nSPS) is 24.3. The molecule has 0 radical (unpaired) electrons. The average Bonchev–Trinajstić information content (AvgIpc) is 2.39. The molecule has 0 saturated heterocycles. The summed E-state index contributed by atoms with van der Waals surface area (Å²) in [7, 11) is -3.51. The summed E-state index contributed by atoms with van der Waals surface area (Å²) >= 11 is 0. The van der Waals surface area contributed by atoms with Gasteiger partial charge in [0.2, 0.25) is 10.0 Å². The fraction of sp³-hybridized carbons (Fsp3) is 0.571. The lowest BCUT2D eigenvalue weighted by Gasteiger charge is -2.31. The number of hydrogen-bond donors (Lipinski definition) is 2. The van der Waals surface area contributed by atoms with Crippen molar-refractivity contribution in [1.82, 2.24) is 4.72 Å². The van der Waals surface area contributed by atoms with Crippen LogP contribution in [0.1, 0.15) is 39.0 Å². The van der Waals surface area contributed by atoms with Crippen molar-refractivity contribution in [3.8, 4) is 0 Å². The third-order valence-electron chi connectivity index (χ3n) is 3.95. The predicted octanol–water partition coefficient (Wildman–Crippen LogP) is 2.52. The zero-order valence-corrected chi connectivity index (χ0v) is 12.1. The number of para-hydroxylation sites is 1. The number of rotatable bonds is 4. The van der Waals surface area contributed by atoms with Gasteiger partial charge in [0.05, 0.1) is 5.69 Å². The summed E-state index contributed by atoms with van der Waals surface area (Å²) in [6.07, 6.45) is 5.33. The maximum atomic E-state index is 12.4. The summed E-state index contributed by atoms with van der Waals surface area (Å²) in [6, 6.07) is 6.66. The van der Waals surface area contributed by atoms with E-state index in [1.807, 2.05) is 0 Å². The van der Waals surface area contributed by atoms with Crippen LogP contribution in [-0.4, -0.2) is 14.5 Å². The molecule has 2 rings (SSSR count). The van der Waals surface area contributed by atoms with Crippen molar-refractivity contribution in [1.29, 1.82) is 0 Å². The summed E-state index contributed by atoms with van der Waals surface area (Å²) in [4.78, 5) is 0.190. The molecule has 2 unspecified atom stereocenters. The molecule has 1 aliphatic rings. The number of benzene rings is 1. The Labute approximate surface area is 115 Å². The highest BCUT2D eigenvalue weighted by Crippen LogP contribution is 2.28. The molecule has 1 aromatic rings. The van der Waals surface area contributed by atoms with Crippen LogP contribution in [0.5, 0.6) is 0 Å². The van der Waals surface area contributed by atoms with Crippen molar-refractivity contribution >= 4 is 15.7 Å². The maximum absolute atomic E-state index is 12.4. The van der Waals surface area contributed by atoms with Gasteiger partial charge in [-0.05, 0) is 30.9 Å². The number of hydrogen-bond acceptors (Lipinski definition) is 3. The fourth-order valence-electron chi connectivity index (χ4n) is 2.84. The molecular formula is C14H22N2O2S. The van der Waals surface area contributed by atoms with Gasteiger partial charge in [-0.2, -0.15) is 0 Å². The van der Waals surface area contributed by atoms with Gasteiger partial charge in [0.15, 0.2) is 0 Å². The van der Waals surface area contributed by atoms with Crippen LogP contribution in [0.4, 0.5) is 5.69 Å². The minimum atomic E-state index is -3.51. The Morgan fingerprint density at radius 3 is 2.63 bits per heavy atom. The van der Waals surface area contributed by atoms with Gasteiger partial charge in [-0.25, -0.2) is 13.1 Å². The van der Waals surface area contributed by atoms with Gasteiger partial charge in [0, 0.05) is 6.04 Å². The van der Waals surface area contributed by atoms with E-state index in [0.29, 0.717) is 11.6 Å². The molecule has 1 aromatic carbocycles. The van der Waals surface area contributed by atoms with Crippen LogP contribution in [0.15, 0.2) is 29.2 Å². The van der Waals surface area contributed by atoms with Crippen LogP contribution in [0.3, 0.4) is 0 Å². The molecule has 0 bridgehead atoms. The fourth-order valence-corrected chi connectivity index (χ4v) is 4.31. The van der Waals surface area contributed by atoms with Gasteiger partial charge in [-0.1, -0.05) is 38.3 Å². The van der Waals surface area contributed by atoms with E-state index < -0.39 is 10.0 Å². The Hall–Kier alpha value is -1.07. The van der Waals surface area contributed by atoms with Gasteiger partial charge >= 0.3 is 0 Å². The van der Waals surface area contributed by atoms with E-state index in [2.05, 4.69) is 11.6 Å². The summed E-state index contributed by atoms with van der Waals surface area (Å²) in [5, 5.41) is 0. The molecule has 3 N–H and O–H groups in total. The molecular weight excluding hydrogens is 260 g/mol. The van der Waals surface area contributed by atoms with E-state index in [4.69, 9.17) is 5.73 Å². The predicted molar refractivity (Wildman–Crippen MR) is 77.2 cm³/mol. The van der Waals surface area contributed by atoms with Crippen LogP contribution in [0.25, 0.3) is 0 Å². The second-order valence-corrected chi connectivity index (χ2v) is 6.90. The third kappa shape index (κ3) is 3.28. The summed E-state index contributed by atoms with van der Waals surface area (Å²) in [5.41, 5.74) is 6.06. The molecule has 5 heteroatoms. The van der Waals surface area contributed by atoms with E-state index in [1.54, 1.807) is 24.3 Å². The largest absolute Gasteiger partial charge is 0.398 e. The van der Waals surface area contributed by atoms with Crippen LogP contribution in [-0.2, 0) is 10.0 Å². The zero-order chi connectivity index (χ0) is 13.9. The molecule has 0 amide bonds. The second kappa shape index (κ2) is 5.92. The Balaban J connectivity index is 2.19. The van der Waals surface area contributed by atoms with Crippen LogP contribution in [0, 0.1) is 5.92 Å². The first-order valence-electron chi connectivity index (χ1n) is 6.91. The van der Waals surface area contributed by atoms with E-state index in [-0.39, 0.29) is 10.9 Å². The van der Waals surface area contributed by atoms with E-state index >= 15 is 0 Å². The lowest BCUT2D eigenvalue weighted by Crippen LogP contribution is -2.42. The van der Waals surface area contributed by atoms with Gasteiger partial charge in [-0.3, -0.25) is 0 Å². The molecule has 1 aliphatic carbocycles. The SMILES string of the molecule is CCC1CCCCC1NS(=O)(=O)c1ccccc1N. The topological polar surface area (TPSA) is 72.2 Å². The highest BCUT2D eigenvalue weighted by molar-refractivity contribution is 7.89. The molecule has 2 atom stereocenters. The Bertz CT molecular complexity index is 528. The first-order valence-corrected chi connectivity index (χ1v) is 8.39. The first kappa shape index (κ1) is 14.3. The molecule has 0 heterocycles. The maximum Gasteiger partial charge on any atom is 0.242 e. The Kier molecular flexibility index (Phi) is 4.47. The molecule has 4 nitrogen and oxygen atoms in total. The third-order valence-corrected chi connectivity index (χ3v) is 5.51. The van der Waals surface area contributed by atoms with Crippen LogP contribution in [0.2, 0.25) is 0 Å². The van der Waals surface area contributed by atoms with Gasteiger partial charge < -0.3 is 5.73 Å². The number of nitrogen functional groups attached to an aromatic ring is 1. The number of nitrogens with one attached hydrogen (secondary N) is 1. The van der Waals surface area contributed by atoms with Gasteiger partial charge in [-0.15, -0.1) is 0 Å². The molecule has 1 saturated carbocycles. The van der Waals surface area contributed by atoms with Crippen molar-refractivity contribution in [3.63, 3.8) is 0 Å². The van der Waals surface area contributed by atoms with Gasteiger partial charge in [0.1, 0.15) is 4.90 Å². The summed E-state index contributed by atoms with van der Waals surface area (Å²) < 4.78 is 27.6. The quantitative estimate of drug-likeness (QED) is 0.833. The van der Waals surface area contributed by atoms with Crippen molar-refractivity contribution in [3.05, 3.63) is 24.3 Å². The van der Waals surface area contributed by atoms with Crippen molar-refractivity contribution < 1.29 is 8.42 Å². The van der Waals surface area contributed by atoms with E-state index in [9.17, 15) is 8.42 Å². The monoisotopic (exact) mass is 282 g/mol. The second-order valence-electron chi connectivity index (χ2n) is 5.22.